The number of halogens is 6. The Labute approximate surface area is 152 Å². The van der Waals surface area contributed by atoms with Crippen molar-refractivity contribution in [3.05, 3.63) is 58.1 Å². The van der Waals surface area contributed by atoms with Crippen molar-refractivity contribution in [2.24, 2.45) is 0 Å². The normalized spacial score (nSPS) is 12.9. The Morgan fingerprint density at radius 3 is 1.52 bits per heavy atom. The van der Waals surface area contributed by atoms with E-state index in [1.165, 1.54) is 13.8 Å². The van der Waals surface area contributed by atoms with Crippen LogP contribution in [0.3, 0.4) is 0 Å². The van der Waals surface area contributed by atoms with Gasteiger partial charge in [-0.15, -0.1) is 0 Å². The quantitative estimate of drug-likeness (QED) is 0.683. The molecule has 0 aliphatic rings. The standard InChI is InChI=1S/C17H15F6NO2S/c1-9-4-10(2)15(11(3)5-9)27(25,26)24-14-7-12(16(18,19)20)6-13(8-14)17(21,22)23/h4-8,24H,1-3H3. The summed E-state index contributed by atoms with van der Waals surface area (Å²) in [5.41, 5.74) is -2.62. The van der Waals surface area contributed by atoms with Crippen LogP contribution in [0.5, 0.6) is 0 Å². The number of anilines is 1. The van der Waals surface area contributed by atoms with E-state index in [4.69, 9.17) is 0 Å². The van der Waals surface area contributed by atoms with Gasteiger partial charge in [-0.1, -0.05) is 17.7 Å². The highest BCUT2D eigenvalue weighted by Gasteiger charge is 2.37. The summed E-state index contributed by atoms with van der Waals surface area (Å²) in [7, 11) is -4.40. The number of hydrogen-bond acceptors (Lipinski definition) is 2. The van der Waals surface area contributed by atoms with Crippen LogP contribution >= 0.6 is 0 Å². The van der Waals surface area contributed by atoms with Crippen LogP contribution in [0.1, 0.15) is 27.8 Å². The van der Waals surface area contributed by atoms with Crippen LogP contribution in [0.25, 0.3) is 0 Å². The molecule has 0 radical (unpaired) electrons. The summed E-state index contributed by atoms with van der Waals surface area (Å²) in [6, 6.07) is 3.68. The molecular formula is C17H15F6NO2S. The van der Waals surface area contributed by atoms with Crippen LogP contribution in [0, 0.1) is 20.8 Å². The van der Waals surface area contributed by atoms with Gasteiger partial charge in [0.1, 0.15) is 0 Å². The first-order valence-electron chi connectivity index (χ1n) is 7.51. The van der Waals surface area contributed by atoms with Crippen molar-refractivity contribution in [2.75, 3.05) is 4.72 Å². The van der Waals surface area contributed by atoms with Crippen molar-refractivity contribution in [2.45, 2.75) is 38.0 Å². The largest absolute Gasteiger partial charge is 0.416 e. The van der Waals surface area contributed by atoms with Crippen LogP contribution in [-0.2, 0) is 22.4 Å². The number of benzene rings is 2. The molecule has 10 heteroatoms. The van der Waals surface area contributed by atoms with E-state index >= 15 is 0 Å². The van der Waals surface area contributed by atoms with Crippen molar-refractivity contribution in [1.82, 2.24) is 0 Å². The lowest BCUT2D eigenvalue weighted by Crippen LogP contribution is -2.18. The molecule has 0 aliphatic heterocycles. The Hall–Kier alpha value is -2.23. The summed E-state index contributed by atoms with van der Waals surface area (Å²) < 4.78 is 105. The minimum atomic E-state index is -5.07. The molecule has 2 aromatic rings. The number of alkyl halides is 6. The van der Waals surface area contributed by atoms with Gasteiger partial charge < -0.3 is 0 Å². The van der Waals surface area contributed by atoms with Gasteiger partial charge in [-0.3, -0.25) is 4.72 Å². The minimum absolute atomic E-state index is 0.0693. The molecule has 0 heterocycles. The zero-order valence-electron chi connectivity index (χ0n) is 14.4. The van der Waals surface area contributed by atoms with Crippen LogP contribution in [0.15, 0.2) is 35.2 Å². The van der Waals surface area contributed by atoms with Crippen molar-refractivity contribution >= 4 is 15.7 Å². The maximum atomic E-state index is 12.9. The van der Waals surface area contributed by atoms with Crippen molar-refractivity contribution in [3.8, 4) is 0 Å². The Bertz CT molecular complexity index is 923. The molecule has 2 aromatic carbocycles. The fourth-order valence-corrected chi connectivity index (χ4v) is 4.31. The molecule has 0 atom stereocenters. The Morgan fingerprint density at radius 1 is 0.741 bits per heavy atom. The first-order chi connectivity index (χ1) is 12.1. The number of hydrogen-bond donors (Lipinski definition) is 1. The lowest BCUT2D eigenvalue weighted by Gasteiger charge is -2.17. The van der Waals surface area contributed by atoms with Gasteiger partial charge in [-0.25, -0.2) is 8.42 Å². The Kier molecular flexibility index (Phi) is 5.26. The lowest BCUT2D eigenvalue weighted by molar-refractivity contribution is -0.143. The second-order valence-electron chi connectivity index (χ2n) is 6.13. The number of nitrogens with one attached hydrogen (secondary N) is 1. The van der Waals surface area contributed by atoms with Gasteiger partial charge in [0.15, 0.2) is 0 Å². The molecule has 3 nitrogen and oxygen atoms in total. The van der Waals surface area contributed by atoms with Crippen LogP contribution < -0.4 is 4.72 Å². The molecule has 0 bridgehead atoms. The summed E-state index contributed by atoms with van der Waals surface area (Å²) in [5, 5.41) is 0. The smallest absolute Gasteiger partial charge is 0.280 e. The van der Waals surface area contributed by atoms with Gasteiger partial charge in [0.05, 0.1) is 21.7 Å². The summed E-state index contributed by atoms with van der Waals surface area (Å²) >= 11 is 0. The maximum absolute atomic E-state index is 12.9. The molecule has 0 amide bonds. The summed E-state index contributed by atoms with van der Waals surface area (Å²) in [6.07, 6.45) is -10.1. The van der Waals surface area contributed by atoms with E-state index in [9.17, 15) is 34.8 Å². The first kappa shape index (κ1) is 21.1. The van der Waals surface area contributed by atoms with Gasteiger partial charge in [-0.05, 0) is 50.1 Å². The highest BCUT2D eigenvalue weighted by molar-refractivity contribution is 7.92. The van der Waals surface area contributed by atoms with Crippen molar-refractivity contribution in [1.29, 1.82) is 0 Å². The van der Waals surface area contributed by atoms with Crippen LogP contribution in [0.4, 0.5) is 32.0 Å². The SMILES string of the molecule is Cc1cc(C)c(S(=O)(=O)Nc2cc(C(F)(F)F)cc(C(F)(F)F)c2)c(C)c1. The highest BCUT2D eigenvalue weighted by atomic mass is 32.2. The summed E-state index contributed by atoms with van der Waals surface area (Å²) in [5.74, 6) is 0. The molecule has 2 rings (SSSR count). The maximum Gasteiger partial charge on any atom is 0.416 e. The Morgan fingerprint density at radius 2 is 1.15 bits per heavy atom. The van der Waals surface area contributed by atoms with Gasteiger partial charge in [0.25, 0.3) is 10.0 Å². The van der Waals surface area contributed by atoms with E-state index in [1.54, 1.807) is 19.1 Å². The Balaban J connectivity index is 2.59. The molecule has 1 N–H and O–H groups in total. The average Bonchev–Trinajstić information content (AvgIpc) is 2.42. The van der Waals surface area contributed by atoms with Gasteiger partial charge in [0.2, 0.25) is 0 Å². The fourth-order valence-electron chi connectivity index (χ4n) is 2.81. The lowest BCUT2D eigenvalue weighted by atomic mass is 10.1. The third-order valence-corrected chi connectivity index (χ3v) is 5.40. The molecule has 0 fully saturated rings. The van der Waals surface area contributed by atoms with E-state index in [0.717, 1.165) is 5.56 Å². The molecule has 0 saturated heterocycles. The van der Waals surface area contributed by atoms with Crippen LogP contribution in [0.2, 0.25) is 0 Å². The van der Waals surface area contributed by atoms with E-state index in [1.807, 2.05) is 4.72 Å². The second kappa shape index (κ2) is 6.74. The van der Waals surface area contributed by atoms with E-state index in [0.29, 0.717) is 23.3 Å². The number of sulfonamides is 1. The summed E-state index contributed by atoms with van der Waals surface area (Å²) in [6.45, 7) is 4.70. The minimum Gasteiger partial charge on any atom is -0.280 e. The van der Waals surface area contributed by atoms with Gasteiger partial charge in [-0.2, -0.15) is 26.3 Å². The van der Waals surface area contributed by atoms with Gasteiger partial charge in [0, 0.05) is 0 Å². The third-order valence-electron chi connectivity index (χ3n) is 3.71. The number of aryl methyl sites for hydroxylation is 3. The third kappa shape index (κ3) is 4.74. The molecule has 0 spiro atoms. The highest BCUT2D eigenvalue weighted by Crippen LogP contribution is 2.38. The van der Waals surface area contributed by atoms with Crippen molar-refractivity contribution in [3.63, 3.8) is 0 Å². The number of rotatable bonds is 3. The molecule has 0 saturated carbocycles. The predicted molar refractivity (Wildman–Crippen MR) is 87.9 cm³/mol. The van der Waals surface area contributed by atoms with E-state index in [-0.39, 0.29) is 11.0 Å². The molecule has 27 heavy (non-hydrogen) atoms. The monoisotopic (exact) mass is 411 g/mol. The first-order valence-corrected chi connectivity index (χ1v) is 9.00. The molecule has 0 aliphatic carbocycles. The fraction of sp³-hybridized carbons (Fsp3) is 0.294. The van der Waals surface area contributed by atoms with Gasteiger partial charge >= 0.3 is 12.4 Å². The average molecular weight is 411 g/mol. The summed E-state index contributed by atoms with van der Waals surface area (Å²) in [4.78, 5) is -0.195. The molecular weight excluding hydrogens is 396 g/mol. The molecule has 148 valence electrons. The topological polar surface area (TPSA) is 46.2 Å². The van der Waals surface area contributed by atoms with E-state index in [2.05, 4.69) is 0 Å². The zero-order chi connectivity index (χ0) is 20.8. The molecule has 0 unspecified atom stereocenters. The second-order valence-corrected chi connectivity index (χ2v) is 7.75. The van der Waals surface area contributed by atoms with Crippen LogP contribution in [-0.4, -0.2) is 8.42 Å². The van der Waals surface area contributed by atoms with Crippen molar-refractivity contribution < 1.29 is 34.8 Å². The molecule has 0 aromatic heterocycles. The zero-order valence-corrected chi connectivity index (χ0v) is 15.2. The van der Waals surface area contributed by atoms with E-state index < -0.39 is 39.2 Å². The predicted octanol–water partition coefficient (Wildman–Crippen LogP) is 5.45.